The third-order valence-electron chi connectivity index (χ3n) is 7.14. The molecule has 2 aromatic carbocycles. The molecule has 1 aliphatic rings. The van der Waals surface area contributed by atoms with Gasteiger partial charge in [0.15, 0.2) is 12.1 Å². The molecule has 0 spiro atoms. The largest absolute Gasteiger partial charge is 0.481 e. The van der Waals surface area contributed by atoms with Crippen LogP contribution in [0.5, 0.6) is 0 Å². The van der Waals surface area contributed by atoms with Crippen LogP contribution < -0.4 is 0 Å². The summed E-state index contributed by atoms with van der Waals surface area (Å²) in [5.74, 6) is -1.15. The van der Waals surface area contributed by atoms with E-state index in [4.69, 9.17) is 14.6 Å². The Balaban J connectivity index is 1.91. The molecule has 1 N–H and O–H groups in total. The highest BCUT2D eigenvalue weighted by Crippen LogP contribution is 2.46. The number of benzene rings is 2. The van der Waals surface area contributed by atoms with Gasteiger partial charge in [0, 0.05) is 32.1 Å². The summed E-state index contributed by atoms with van der Waals surface area (Å²) in [6, 6.07) is 13.5. The average molecular weight is 453 g/mol. The number of hydrogen-bond donors (Lipinski definition) is 1. The summed E-state index contributed by atoms with van der Waals surface area (Å²) < 4.78 is 11.1. The molecular weight excluding hydrogens is 416 g/mol. The Labute approximate surface area is 197 Å². The number of ketones is 1. The minimum absolute atomic E-state index is 0.0299. The summed E-state index contributed by atoms with van der Waals surface area (Å²) in [6.45, 7) is 9.05. The van der Waals surface area contributed by atoms with E-state index in [-0.39, 0.29) is 35.4 Å². The van der Waals surface area contributed by atoms with Gasteiger partial charge in [-0.15, -0.1) is 0 Å². The SMILES string of the molecule is COC(OC)C(CC(=O)c1ccc2c(c1)C(C)(C)CCC2(C)C)c1ccc(CC(=O)O)cc1. The van der Waals surface area contributed by atoms with Crippen LogP contribution in [-0.2, 0) is 31.5 Å². The van der Waals surface area contributed by atoms with Gasteiger partial charge in [0.25, 0.3) is 0 Å². The molecule has 2 aromatic rings. The van der Waals surface area contributed by atoms with E-state index in [0.717, 1.165) is 18.4 Å². The summed E-state index contributed by atoms with van der Waals surface area (Å²) in [5.41, 5.74) is 5.01. The first-order valence-corrected chi connectivity index (χ1v) is 11.5. The Morgan fingerprint density at radius 1 is 0.909 bits per heavy atom. The number of carbonyl (C=O) groups is 2. The van der Waals surface area contributed by atoms with Crippen molar-refractivity contribution in [2.24, 2.45) is 0 Å². The number of carboxylic acid groups (broad SMARTS) is 1. The van der Waals surface area contributed by atoms with E-state index in [1.807, 2.05) is 18.2 Å². The van der Waals surface area contributed by atoms with Gasteiger partial charge in [-0.3, -0.25) is 9.59 Å². The summed E-state index contributed by atoms with van der Waals surface area (Å²) >= 11 is 0. The van der Waals surface area contributed by atoms with Crippen molar-refractivity contribution in [1.82, 2.24) is 0 Å². The molecule has 0 saturated heterocycles. The molecule has 0 radical (unpaired) electrons. The predicted molar refractivity (Wildman–Crippen MR) is 129 cm³/mol. The lowest BCUT2D eigenvalue weighted by Crippen LogP contribution is -2.34. The van der Waals surface area contributed by atoms with Crippen LogP contribution in [0.15, 0.2) is 42.5 Å². The molecule has 0 aliphatic heterocycles. The van der Waals surface area contributed by atoms with Crippen molar-refractivity contribution in [3.05, 3.63) is 70.3 Å². The van der Waals surface area contributed by atoms with Crippen LogP contribution >= 0.6 is 0 Å². The van der Waals surface area contributed by atoms with Gasteiger partial charge in [0.1, 0.15) is 0 Å². The minimum Gasteiger partial charge on any atom is -0.481 e. The Morgan fingerprint density at radius 3 is 2.03 bits per heavy atom. The molecule has 0 aromatic heterocycles. The molecule has 5 heteroatoms. The van der Waals surface area contributed by atoms with Crippen molar-refractivity contribution in [2.75, 3.05) is 14.2 Å². The molecule has 1 atom stereocenters. The topological polar surface area (TPSA) is 72.8 Å². The first-order chi connectivity index (χ1) is 15.5. The van der Waals surface area contributed by atoms with Gasteiger partial charge in [-0.2, -0.15) is 0 Å². The molecule has 1 unspecified atom stereocenters. The smallest absolute Gasteiger partial charge is 0.307 e. The highest BCUT2D eigenvalue weighted by atomic mass is 16.7. The van der Waals surface area contributed by atoms with E-state index in [0.29, 0.717) is 11.1 Å². The van der Waals surface area contributed by atoms with Crippen molar-refractivity contribution >= 4 is 11.8 Å². The number of ether oxygens (including phenoxy) is 2. The van der Waals surface area contributed by atoms with Gasteiger partial charge in [-0.1, -0.05) is 64.1 Å². The lowest BCUT2D eigenvalue weighted by Gasteiger charge is -2.42. The second kappa shape index (κ2) is 9.78. The number of rotatable bonds is 9. The molecule has 0 amide bonds. The fourth-order valence-electron chi connectivity index (χ4n) is 4.93. The van der Waals surface area contributed by atoms with Crippen molar-refractivity contribution in [2.45, 2.75) is 76.4 Å². The van der Waals surface area contributed by atoms with Crippen molar-refractivity contribution in [3.8, 4) is 0 Å². The van der Waals surface area contributed by atoms with Gasteiger partial charge in [0.05, 0.1) is 6.42 Å². The summed E-state index contributed by atoms with van der Waals surface area (Å²) in [4.78, 5) is 24.4. The van der Waals surface area contributed by atoms with Gasteiger partial charge in [-0.05, 0) is 52.0 Å². The fourth-order valence-corrected chi connectivity index (χ4v) is 4.93. The fraction of sp³-hybridized carbons (Fsp3) is 0.500. The third-order valence-corrected chi connectivity index (χ3v) is 7.14. The summed E-state index contributed by atoms with van der Waals surface area (Å²) in [6.07, 6.45) is 1.82. The van der Waals surface area contributed by atoms with E-state index < -0.39 is 12.3 Å². The Hall–Kier alpha value is -2.50. The zero-order chi connectivity index (χ0) is 24.4. The molecule has 33 heavy (non-hydrogen) atoms. The highest BCUT2D eigenvalue weighted by Gasteiger charge is 2.37. The molecular formula is C28H36O5. The summed E-state index contributed by atoms with van der Waals surface area (Å²) in [7, 11) is 3.13. The van der Waals surface area contributed by atoms with Crippen LogP contribution in [0, 0.1) is 0 Å². The van der Waals surface area contributed by atoms with E-state index in [2.05, 4.69) is 39.8 Å². The van der Waals surface area contributed by atoms with Crippen molar-refractivity contribution in [1.29, 1.82) is 0 Å². The maximum Gasteiger partial charge on any atom is 0.307 e. The van der Waals surface area contributed by atoms with Gasteiger partial charge < -0.3 is 14.6 Å². The number of carboxylic acids is 1. The standard InChI is InChI=1S/C28H36O5/c1-27(2)13-14-28(3,4)23-16-20(11-12-22(23)27)24(29)17-21(26(32-5)33-6)19-9-7-18(8-10-19)15-25(30)31/h7-12,16,21,26H,13-15,17H2,1-6H3,(H,30,31). The van der Waals surface area contributed by atoms with Crippen molar-refractivity contribution < 1.29 is 24.2 Å². The number of Topliss-reactive ketones (excluding diaryl/α,β-unsaturated/α-hetero) is 1. The number of fused-ring (bicyclic) bond motifs is 1. The first-order valence-electron chi connectivity index (χ1n) is 11.5. The Bertz CT molecular complexity index is 999. The molecule has 178 valence electrons. The van der Waals surface area contributed by atoms with Crippen LogP contribution in [0.1, 0.15) is 85.5 Å². The third kappa shape index (κ3) is 5.53. The molecule has 1 aliphatic carbocycles. The highest BCUT2D eigenvalue weighted by molar-refractivity contribution is 5.97. The van der Waals surface area contributed by atoms with Crippen LogP contribution in [-0.4, -0.2) is 37.4 Å². The quantitative estimate of drug-likeness (QED) is 0.394. The number of methoxy groups -OCH3 is 2. The molecule has 3 rings (SSSR count). The zero-order valence-electron chi connectivity index (χ0n) is 20.6. The van der Waals surface area contributed by atoms with Crippen molar-refractivity contribution in [3.63, 3.8) is 0 Å². The van der Waals surface area contributed by atoms with Crippen LogP contribution in [0.4, 0.5) is 0 Å². The number of aliphatic carboxylic acids is 1. The molecule has 0 saturated carbocycles. The van der Waals surface area contributed by atoms with Gasteiger partial charge in [0.2, 0.25) is 0 Å². The van der Waals surface area contributed by atoms with E-state index in [1.165, 1.54) is 11.1 Å². The number of hydrogen-bond acceptors (Lipinski definition) is 4. The maximum atomic E-state index is 13.4. The van der Waals surface area contributed by atoms with Crippen LogP contribution in [0.3, 0.4) is 0 Å². The Kier molecular flexibility index (Phi) is 7.45. The zero-order valence-corrected chi connectivity index (χ0v) is 20.6. The lowest BCUT2D eigenvalue weighted by atomic mass is 9.63. The average Bonchev–Trinajstić information content (AvgIpc) is 2.77. The molecule has 0 heterocycles. The van der Waals surface area contributed by atoms with Crippen LogP contribution in [0.25, 0.3) is 0 Å². The van der Waals surface area contributed by atoms with E-state index in [1.54, 1.807) is 26.4 Å². The van der Waals surface area contributed by atoms with E-state index >= 15 is 0 Å². The molecule has 0 bridgehead atoms. The minimum atomic E-state index is -0.875. The summed E-state index contributed by atoms with van der Waals surface area (Å²) in [5, 5.41) is 9.02. The Morgan fingerprint density at radius 2 is 1.48 bits per heavy atom. The van der Waals surface area contributed by atoms with E-state index in [9.17, 15) is 9.59 Å². The maximum absolute atomic E-state index is 13.4. The lowest BCUT2D eigenvalue weighted by molar-refractivity contribution is -0.136. The van der Waals surface area contributed by atoms with Gasteiger partial charge >= 0.3 is 5.97 Å². The molecule has 5 nitrogen and oxygen atoms in total. The second-order valence-electron chi connectivity index (χ2n) is 10.4. The van der Waals surface area contributed by atoms with Crippen LogP contribution in [0.2, 0.25) is 0 Å². The number of carbonyl (C=O) groups excluding carboxylic acids is 1. The first kappa shape index (κ1) is 25.1. The monoisotopic (exact) mass is 452 g/mol. The predicted octanol–water partition coefficient (Wildman–Crippen LogP) is 5.64. The molecule has 0 fully saturated rings. The second-order valence-corrected chi connectivity index (χ2v) is 10.4. The van der Waals surface area contributed by atoms with Gasteiger partial charge in [-0.25, -0.2) is 0 Å². The normalized spacial score (nSPS) is 17.4.